The van der Waals surface area contributed by atoms with Gasteiger partial charge in [0.2, 0.25) is 5.91 Å². The molecule has 1 saturated heterocycles. The Bertz CT molecular complexity index is 1400. The summed E-state index contributed by atoms with van der Waals surface area (Å²) in [6.45, 7) is 3.15. The minimum atomic E-state index is -0.163. The summed E-state index contributed by atoms with van der Waals surface area (Å²) >= 11 is 0. The molecule has 6 nitrogen and oxygen atoms in total. The zero-order chi connectivity index (χ0) is 31.3. The standard InChI is InChI=1S/C40H54N2O4/c1-45-35-24-34(43)30-23-33-31-19-20-32(39-40(31,37(30)38(35)46-39)21-22-41(33)25-29-17-18-29)42(26-28-14-8-3-9-15-28)36(44)16-10-4-7-13-27-11-5-2-6-12-27/h2,5-6,11-12,24,28-29,31-33,39,43H,3-4,7-10,13-23,25-26H2,1H3/t31-,32-,33+,39-,40-/m0/s1. The number of nitrogens with zero attached hydrogens (tertiary/aromatic N) is 2. The predicted octanol–water partition coefficient (Wildman–Crippen LogP) is 7.43. The van der Waals surface area contributed by atoms with E-state index in [-0.39, 0.29) is 17.6 Å². The number of ether oxygens (including phenoxy) is 2. The van der Waals surface area contributed by atoms with Gasteiger partial charge in [0.25, 0.3) is 0 Å². The third kappa shape index (κ3) is 5.41. The molecule has 2 bridgehead atoms. The van der Waals surface area contributed by atoms with Crippen LogP contribution in [0.3, 0.4) is 0 Å². The predicted molar refractivity (Wildman–Crippen MR) is 181 cm³/mol. The van der Waals surface area contributed by atoms with E-state index in [0.717, 1.165) is 81.7 Å². The molecule has 0 radical (unpaired) electrons. The Labute approximate surface area is 275 Å². The summed E-state index contributed by atoms with van der Waals surface area (Å²) in [4.78, 5) is 19.5. The number of amides is 1. The van der Waals surface area contributed by atoms with Crippen molar-refractivity contribution in [2.24, 2.45) is 17.8 Å². The lowest BCUT2D eigenvalue weighted by atomic mass is 9.50. The number of aromatic hydroxyl groups is 1. The van der Waals surface area contributed by atoms with Gasteiger partial charge in [0.05, 0.1) is 13.2 Å². The fraction of sp³-hybridized carbons (Fsp3) is 0.675. The van der Waals surface area contributed by atoms with Gasteiger partial charge < -0.3 is 19.5 Å². The number of likely N-dealkylation sites (tertiary alicyclic amines) is 1. The third-order valence-electron chi connectivity index (χ3n) is 13.0. The number of phenolic OH excluding ortho intramolecular Hbond substituents is 1. The molecule has 4 fully saturated rings. The summed E-state index contributed by atoms with van der Waals surface area (Å²) in [5, 5.41) is 11.4. The number of hydrogen-bond acceptors (Lipinski definition) is 5. The van der Waals surface area contributed by atoms with Crippen molar-refractivity contribution in [3.05, 3.63) is 53.1 Å². The van der Waals surface area contributed by atoms with Crippen LogP contribution in [-0.4, -0.2) is 65.7 Å². The van der Waals surface area contributed by atoms with Crippen LogP contribution in [-0.2, 0) is 23.1 Å². The highest BCUT2D eigenvalue weighted by atomic mass is 16.5. The topological polar surface area (TPSA) is 62.2 Å². The number of aryl methyl sites for hydroxylation is 1. The van der Waals surface area contributed by atoms with Crippen LogP contribution < -0.4 is 9.47 Å². The van der Waals surface area contributed by atoms with Crippen molar-refractivity contribution in [3.63, 3.8) is 0 Å². The molecule has 2 heterocycles. The lowest BCUT2D eigenvalue weighted by Gasteiger charge is -2.60. The average molecular weight is 627 g/mol. The van der Waals surface area contributed by atoms with Crippen LogP contribution in [0, 0.1) is 17.8 Å². The van der Waals surface area contributed by atoms with E-state index in [1.165, 1.54) is 62.6 Å². The Morgan fingerprint density at radius 1 is 1.02 bits per heavy atom. The third-order valence-corrected chi connectivity index (χ3v) is 13.0. The van der Waals surface area contributed by atoms with Crippen LogP contribution in [0.15, 0.2) is 36.4 Å². The Balaban J connectivity index is 1.07. The molecule has 1 N–H and O–H groups in total. The summed E-state index contributed by atoms with van der Waals surface area (Å²) in [6, 6.07) is 13.0. The Morgan fingerprint density at radius 2 is 1.85 bits per heavy atom. The van der Waals surface area contributed by atoms with Crippen molar-refractivity contribution >= 4 is 5.91 Å². The zero-order valence-electron chi connectivity index (χ0n) is 27.9. The molecule has 6 aliphatic rings. The van der Waals surface area contributed by atoms with E-state index in [9.17, 15) is 9.90 Å². The highest BCUT2D eigenvalue weighted by Gasteiger charge is 2.67. The first-order valence-electron chi connectivity index (χ1n) is 18.7. The van der Waals surface area contributed by atoms with Gasteiger partial charge in [0.1, 0.15) is 11.9 Å². The first kappa shape index (κ1) is 30.6. The molecule has 46 heavy (non-hydrogen) atoms. The second-order valence-electron chi connectivity index (χ2n) is 15.7. The van der Waals surface area contributed by atoms with E-state index in [2.05, 4.69) is 40.1 Å². The molecule has 1 spiro atoms. The maximum absolute atomic E-state index is 14.4. The average Bonchev–Trinajstić information content (AvgIpc) is 3.84. The quantitative estimate of drug-likeness (QED) is 0.248. The normalized spacial score (nSPS) is 30.0. The number of benzene rings is 2. The molecule has 0 unspecified atom stereocenters. The van der Waals surface area contributed by atoms with E-state index in [0.29, 0.717) is 41.7 Å². The lowest BCUT2D eigenvalue weighted by Crippen LogP contribution is -2.69. The van der Waals surface area contributed by atoms with Crippen LogP contribution in [0.25, 0.3) is 0 Å². The number of carbonyl (C=O) groups is 1. The number of methoxy groups -OCH3 is 1. The monoisotopic (exact) mass is 626 g/mol. The second-order valence-corrected chi connectivity index (χ2v) is 15.7. The van der Waals surface area contributed by atoms with Gasteiger partial charge in [0, 0.05) is 48.2 Å². The van der Waals surface area contributed by atoms with Crippen LogP contribution >= 0.6 is 0 Å². The summed E-state index contributed by atoms with van der Waals surface area (Å²) in [7, 11) is 1.69. The molecule has 248 valence electrons. The van der Waals surface area contributed by atoms with Gasteiger partial charge in [-0.1, -0.05) is 56.0 Å². The highest BCUT2D eigenvalue weighted by molar-refractivity contribution is 5.77. The van der Waals surface area contributed by atoms with Crippen molar-refractivity contribution in [1.29, 1.82) is 0 Å². The smallest absolute Gasteiger partial charge is 0.222 e. The molecule has 0 aromatic heterocycles. The largest absolute Gasteiger partial charge is 0.508 e. The van der Waals surface area contributed by atoms with Gasteiger partial charge in [-0.2, -0.15) is 0 Å². The van der Waals surface area contributed by atoms with E-state index >= 15 is 0 Å². The van der Waals surface area contributed by atoms with Gasteiger partial charge in [-0.25, -0.2) is 0 Å². The minimum absolute atomic E-state index is 0.0656. The van der Waals surface area contributed by atoms with Crippen LogP contribution in [0.1, 0.15) is 107 Å². The van der Waals surface area contributed by atoms with E-state index < -0.39 is 0 Å². The molecular weight excluding hydrogens is 572 g/mol. The summed E-state index contributed by atoms with van der Waals surface area (Å²) < 4.78 is 13.0. The number of piperidine rings is 1. The fourth-order valence-corrected chi connectivity index (χ4v) is 10.6. The molecule has 4 aliphatic carbocycles. The van der Waals surface area contributed by atoms with Crippen molar-refractivity contribution in [2.75, 3.05) is 26.7 Å². The molecule has 2 aromatic rings. The molecule has 5 atom stereocenters. The SMILES string of the molecule is COc1cc(O)c2c3c1O[C@H]1[C@@H](N(CC4CCCCC4)C(=O)CCCCCc4ccccc4)CC[C@H]4[C@@H](C2)N(CC2CC2)CC[C@@]341. The molecule has 2 aliphatic heterocycles. The molecule has 3 saturated carbocycles. The molecular formula is C40H54N2O4. The minimum Gasteiger partial charge on any atom is -0.508 e. The van der Waals surface area contributed by atoms with Gasteiger partial charge in [-0.15, -0.1) is 0 Å². The second kappa shape index (κ2) is 12.7. The summed E-state index contributed by atoms with van der Waals surface area (Å²) in [6.07, 6.45) is 17.9. The zero-order valence-corrected chi connectivity index (χ0v) is 27.9. The number of hydrogen-bond donors (Lipinski definition) is 1. The molecule has 6 heteroatoms. The van der Waals surface area contributed by atoms with E-state index in [1.54, 1.807) is 13.2 Å². The maximum atomic E-state index is 14.4. The van der Waals surface area contributed by atoms with Gasteiger partial charge in [-0.05, 0) is 100 Å². The van der Waals surface area contributed by atoms with Gasteiger partial charge in [-0.3, -0.25) is 9.69 Å². The number of rotatable bonds is 12. The molecule has 2 aromatic carbocycles. The first-order chi connectivity index (χ1) is 22.6. The summed E-state index contributed by atoms with van der Waals surface area (Å²) in [5.74, 6) is 4.13. The van der Waals surface area contributed by atoms with E-state index in [1.807, 2.05) is 0 Å². The van der Waals surface area contributed by atoms with E-state index in [4.69, 9.17) is 9.47 Å². The number of carbonyl (C=O) groups excluding carboxylic acids is 1. The number of phenols is 1. The van der Waals surface area contributed by atoms with Crippen LogP contribution in [0.2, 0.25) is 0 Å². The first-order valence-corrected chi connectivity index (χ1v) is 18.7. The van der Waals surface area contributed by atoms with Crippen LogP contribution in [0.4, 0.5) is 0 Å². The Morgan fingerprint density at radius 3 is 2.63 bits per heavy atom. The van der Waals surface area contributed by atoms with Gasteiger partial charge in [0.15, 0.2) is 11.5 Å². The Kier molecular flexibility index (Phi) is 8.45. The molecule has 8 rings (SSSR count). The fourth-order valence-electron chi connectivity index (χ4n) is 10.6. The van der Waals surface area contributed by atoms with Crippen molar-refractivity contribution in [3.8, 4) is 17.2 Å². The lowest BCUT2D eigenvalue weighted by molar-refractivity contribution is -0.144. The number of unbranched alkanes of at least 4 members (excludes halogenated alkanes) is 2. The maximum Gasteiger partial charge on any atom is 0.222 e. The summed E-state index contributed by atoms with van der Waals surface area (Å²) in [5.41, 5.74) is 3.54. The van der Waals surface area contributed by atoms with Crippen molar-refractivity contribution < 1.29 is 19.4 Å². The Hall–Kier alpha value is -2.73. The van der Waals surface area contributed by atoms with Crippen molar-refractivity contribution in [2.45, 2.75) is 126 Å². The molecule has 1 amide bonds. The van der Waals surface area contributed by atoms with Gasteiger partial charge >= 0.3 is 0 Å². The van der Waals surface area contributed by atoms with Crippen molar-refractivity contribution in [1.82, 2.24) is 9.80 Å². The van der Waals surface area contributed by atoms with Crippen LogP contribution in [0.5, 0.6) is 17.2 Å². The highest BCUT2D eigenvalue weighted by Crippen LogP contribution is 2.66.